The van der Waals surface area contributed by atoms with Crippen LogP contribution in [0.4, 0.5) is 8.78 Å². The molecule has 2 aromatic rings. The molecule has 120 valence electrons. The van der Waals surface area contributed by atoms with Crippen LogP contribution in [0.5, 0.6) is 11.5 Å². The largest absolute Gasteiger partial charge is 0.490 e. The summed E-state index contributed by atoms with van der Waals surface area (Å²) in [6.07, 6.45) is 0. The highest BCUT2D eigenvalue weighted by Crippen LogP contribution is 2.31. The van der Waals surface area contributed by atoms with Crippen molar-refractivity contribution in [3.63, 3.8) is 0 Å². The quantitative estimate of drug-likeness (QED) is 0.783. The molecule has 0 aliphatic carbocycles. The van der Waals surface area contributed by atoms with Gasteiger partial charge in [-0.05, 0) is 37.3 Å². The maximum Gasteiger partial charge on any atom is 0.342 e. The van der Waals surface area contributed by atoms with Crippen LogP contribution in [0.25, 0.3) is 0 Å². The highest BCUT2D eigenvalue weighted by molar-refractivity contribution is 7.87. The summed E-state index contributed by atoms with van der Waals surface area (Å²) in [6, 6.07) is 7.68. The van der Waals surface area contributed by atoms with Gasteiger partial charge in [-0.1, -0.05) is 0 Å². The standard InChI is InChI=1S/C15H11F2NO4S/c1-2-21-14-7-10(9-18)3-6-13(14)22-23(19,20)15-8-11(16)4-5-12(15)17/h3-8H,2H2,1H3. The van der Waals surface area contributed by atoms with Crippen molar-refractivity contribution < 1.29 is 26.1 Å². The first-order chi connectivity index (χ1) is 10.9. The first kappa shape index (κ1) is 16.7. The van der Waals surface area contributed by atoms with Crippen molar-refractivity contribution in [1.29, 1.82) is 5.26 Å². The molecule has 5 nitrogen and oxygen atoms in total. The van der Waals surface area contributed by atoms with Crippen LogP contribution < -0.4 is 8.92 Å². The second-order valence-electron chi connectivity index (χ2n) is 4.32. The topological polar surface area (TPSA) is 76.4 Å². The smallest absolute Gasteiger partial charge is 0.342 e. The zero-order valence-corrected chi connectivity index (χ0v) is 12.7. The fourth-order valence-corrected chi connectivity index (χ4v) is 2.77. The lowest BCUT2D eigenvalue weighted by atomic mass is 10.2. The van der Waals surface area contributed by atoms with E-state index in [0.717, 1.165) is 6.07 Å². The number of rotatable bonds is 5. The summed E-state index contributed by atoms with van der Waals surface area (Å²) in [5.74, 6) is -2.28. The molecule has 0 radical (unpaired) electrons. The Kier molecular flexibility index (Phi) is 4.81. The molecule has 0 unspecified atom stereocenters. The molecule has 0 N–H and O–H groups in total. The minimum Gasteiger partial charge on any atom is -0.490 e. The summed E-state index contributed by atoms with van der Waals surface area (Å²) in [5.41, 5.74) is 0.232. The Labute approximate surface area is 131 Å². The van der Waals surface area contributed by atoms with Gasteiger partial charge in [0.25, 0.3) is 0 Å². The number of halogens is 2. The van der Waals surface area contributed by atoms with Crippen molar-refractivity contribution in [3.05, 3.63) is 53.6 Å². The van der Waals surface area contributed by atoms with Crippen LogP contribution in [-0.4, -0.2) is 15.0 Å². The van der Waals surface area contributed by atoms with E-state index in [0.29, 0.717) is 12.1 Å². The van der Waals surface area contributed by atoms with Gasteiger partial charge in [0.1, 0.15) is 16.5 Å². The highest BCUT2D eigenvalue weighted by Gasteiger charge is 2.24. The van der Waals surface area contributed by atoms with Crippen molar-refractivity contribution in [1.82, 2.24) is 0 Å². The molecule has 0 fully saturated rings. The molecule has 0 spiro atoms. The Bertz CT molecular complexity index is 876. The SMILES string of the molecule is CCOc1cc(C#N)ccc1OS(=O)(=O)c1cc(F)ccc1F. The van der Waals surface area contributed by atoms with Crippen molar-refractivity contribution in [3.8, 4) is 17.6 Å². The average molecular weight is 339 g/mol. The second kappa shape index (κ2) is 6.62. The van der Waals surface area contributed by atoms with Crippen molar-refractivity contribution >= 4 is 10.1 Å². The zero-order valence-electron chi connectivity index (χ0n) is 11.9. The van der Waals surface area contributed by atoms with Gasteiger partial charge in [0.05, 0.1) is 18.2 Å². The summed E-state index contributed by atoms with van der Waals surface area (Å²) in [5, 5.41) is 8.84. The van der Waals surface area contributed by atoms with E-state index in [1.165, 1.54) is 18.2 Å². The molecule has 0 saturated heterocycles. The van der Waals surface area contributed by atoms with Gasteiger partial charge in [0.15, 0.2) is 11.5 Å². The van der Waals surface area contributed by atoms with Gasteiger partial charge in [-0.15, -0.1) is 0 Å². The Morgan fingerprint density at radius 2 is 1.87 bits per heavy atom. The highest BCUT2D eigenvalue weighted by atomic mass is 32.2. The van der Waals surface area contributed by atoms with Gasteiger partial charge >= 0.3 is 10.1 Å². The van der Waals surface area contributed by atoms with Gasteiger partial charge in [-0.25, -0.2) is 8.78 Å². The fourth-order valence-electron chi connectivity index (χ4n) is 1.75. The minimum absolute atomic E-state index is 0.00642. The van der Waals surface area contributed by atoms with Gasteiger partial charge in [0.2, 0.25) is 0 Å². The van der Waals surface area contributed by atoms with Crippen LogP contribution in [-0.2, 0) is 10.1 Å². The molecule has 23 heavy (non-hydrogen) atoms. The Hall–Kier alpha value is -2.66. The predicted octanol–water partition coefficient (Wildman–Crippen LogP) is 3.00. The van der Waals surface area contributed by atoms with Crippen molar-refractivity contribution in [2.75, 3.05) is 6.61 Å². The third-order valence-electron chi connectivity index (χ3n) is 2.73. The fraction of sp³-hybridized carbons (Fsp3) is 0.133. The van der Waals surface area contributed by atoms with Crippen LogP contribution in [0, 0.1) is 23.0 Å². The molecule has 0 amide bonds. The van der Waals surface area contributed by atoms with Crippen LogP contribution in [0.2, 0.25) is 0 Å². The lowest BCUT2D eigenvalue weighted by Gasteiger charge is -2.12. The van der Waals surface area contributed by atoms with E-state index < -0.39 is 26.6 Å². The van der Waals surface area contributed by atoms with E-state index in [1.807, 2.05) is 6.07 Å². The molecule has 0 atom stereocenters. The van der Waals surface area contributed by atoms with E-state index in [-0.39, 0.29) is 23.7 Å². The van der Waals surface area contributed by atoms with E-state index >= 15 is 0 Å². The summed E-state index contributed by atoms with van der Waals surface area (Å²) in [4.78, 5) is -0.927. The van der Waals surface area contributed by atoms with Crippen molar-refractivity contribution in [2.24, 2.45) is 0 Å². The summed E-state index contributed by atoms with van der Waals surface area (Å²) < 4.78 is 61.1. The molecule has 2 aromatic carbocycles. The molecule has 0 saturated carbocycles. The van der Waals surface area contributed by atoms with Crippen LogP contribution in [0.3, 0.4) is 0 Å². The summed E-state index contributed by atoms with van der Waals surface area (Å²) >= 11 is 0. The maximum absolute atomic E-state index is 13.6. The van der Waals surface area contributed by atoms with E-state index in [2.05, 4.69) is 0 Å². The average Bonchev–Trinajstić information content (AvgIpc) is 2.51. The first-order valence-electron chi connectivity index (χ1n) is 6.44. The normalized spacial score (nSPS) is 10.9. The third kappa shape index (κ3) is 3.76. The number of benzene rings is 2. The number of hydrogen-bond donors (Lipinski definition) is 0. The maximum atomic E-state index is 13.6. The van der Waals surface area contributed by atoms with Gasteiger partial charge in [-0.2, -0.15) is 13.7 Å². The Morgan fingerprint density at radius 3 is 2.52 bits per heavy atom. The first-order valence-corrected chi connectivity index (χ1v) is 7.84. The summed E-state index contributed by atoms with van der Waals surface area (Å²) in [6.45, 7) is 1.85. The lowest BCUT2D eigenvalue weighted by molar-refractivity contribution is 0.327. The number of ether oxygens (including phenoxy) is 1. The molecule has 0 heterocycles. The minimum atomic E-state index is -4.60. The zero-order chi connectivity index (χ0) is 17.0. The molecular weight excluding hydrogens is 328 g/mol. The van der Waals surface area contributed by atoms with E-state index in [4.69, 9.17) is 14.2 Å². The number of hydrogen-bond acceptors (Lipinski definition) is 5. The Balaban J connectivity index is 2.45. The lowest BCUT2D eigenvalue weighted by Crippen LogP contribution is -2.13. The number of nitriles is 1. The monoisotopic (exact) mass is 339 g/mol. The third-order valence-corrected chi connectivity index (χ3v) is 3.99. The van der Waals surface area contributed by atoms with Gasteiger partial charge in [-0.3, -0.25) is 0 Å². The van der Waals surface area contributed by atoms with E-state index in [9.17, 15) is 17.2 Å². The molecular formula is C15H11F2NO4S. The summed E-state index contributed by atoms with van der Waals surface area (Å²) in [7, 11) is -4.60. The van der Waals surface area contributed by atoms with Crippen molar-refractivity contribution in [2.45, 2.75) is 11.8 Å². The second-order valence-corrected chi connectivity index (χ2v) is 5.83. The number of nitrogens with zero attached hydrogens (tertiary/aromatic N) is 1. The van der Waals surface area contributed by atoms with Crippen LogP contribution in [0.15, 0.2) is 41.3 Å². The van der Waals surface area contributed by atoms with Gasteiger partial charge < -0.3 is 8.92 Å². The molecule has 2 rings (SSSR count). The van der Waals surface area contributed by atoms with Gasteiger partial charge in [0, 0.05) is 6.07 Å². The molecule has 0 aliphatic heterocycles. The predicted molar refractivity (Wildman–Crippen MR) is 76.5 cm³/mol. The molecule has 0 bridgehead atoms. The molecule has 0 aliphatic rings. The Morgan fingerprint density at radius 1 is 1.13 bits per heavy atom. The molecule has 8 heteroatoms. The van der Waals surface area contributed by atoms with E-state index in [1.54, 1.807) is 6.92 Å². The van der Waals surface area contributed by atoms with Crippen LogP contribution in [0.1, 0.15) is 12.5 Å². The van der Waals surface area contributed by atoms with Crippen LogP contribution >= 0.6 is 0 Å². The molecule has 0 aromatic heterocycles.